The van der Waals surface area contributed by atoms with Crippen LogP contribution in [0.2, 0.25) is 0 Å². The number of hydrogen-bond acceptors (Lipinski definition) is 4. The lowest BCUT2D eigenvalue weighted by Crippen LogP contribution is -2.25. The van der Waals surface area contributed by atoms with Gasteiger partial charge >= 0.3 is 0 Å². The van der Waals surface area contributed by atoms with Gasteiger partial charge in [0.05, 0.1) is 11.9 Å². The molecular formula is C16H18N4O2S. The van der Waals surface area contributed by atoms with E-state index in [-0.39, 0.29) is 0 Å². The Kier molecular flexibility index (Phi) is 4.14. The van der Waals surface area contributed by atoms with Crippen molar-refractivity contribution in [1.29, 1.82) is 0 Å². The summed E-state index contributed by atoms with van der Waals surface area (Å²) in [6, 6.07) is 14.1. The molecule has 0 amide bonds. The minimum Gasteiger partial charge on any atom is -0.217 e. The number of nitrogens with one attached hydrogen (secondary N) is 1. The molecule has 23 heavy (non-hydrogen) atoms. The van der Waals surface area contributed by atoms with Gasteiger partial charge < -0.3 is 0 Å². The Balaban J connectivity index is 1.99. The Labute approximate surface area is 135 Å². The molecule has 1 heterocycles. The van der Waals surface area contributed by atoms with E-state index in [2.05, 4.69) is 14.8 Å². The van der Waals surface area contributed by atoms with Crippen LogP contribution in [-0.2, 0) is 16.4 Å². The summed E-state index contributed by atoms with van der Waals surface area (Å²) in [6.45, 7) is 2.12. The molecule has 0 spiro atoms. The molecule has 0 unspecified atom stereocenters. The monoisotopic (exact) mass is 330 g/mol. The molecule has 7 heteroatoms. The maximum absolute atomic E-state index is 11.2. The Morgan fingerprint density at radius 3 is 2.65 bits per heavy atom. The summed E-state index contributed by atoms with van der Waals surface area (Å²) < 4.78 is 26.7. The molecule has 3 aromatic rings. The molecule has 0 atom stereocenters. The predicted octanol–water partition coefficient (Wildman–Crippen LogP) is 1.82. The lowest BCUT2D eigenvalue weighted by atomic mass is 10.1. The second kappa shape index (κ2) is 6.10. The second-order valence-corrected chi connectivity index (χ2v) is 7.23. The molecule has 6 nitrogen and oxygen atoms in total. The molecule has 0 saturated heterocycles. The number of fused-ring (bicyclic) bond motifs is 1. The van der Waals surface area contributed by atoms with Crippen LogP contribution in [-0.4, -0.2) is 36.0 Å². The zero-order valence-electron chi connectivity index (χ0n) is 13.0. The third-order valence-corrected chi connectivity index (χ3v) is 4.22. The summed E-state index contributed by atoms with van der Waals surface area (Å²) in [4.78, 5) is 4.43. The molecule has 2 aromatic carbocycles. The van der Waals surface area contributed by atoms with Gasteiger partial charge in [-0.2, -0.15) is 5.10 Å². The van der Waals surface area contributed by atoms with E-state index in [0.29, 0.717) is 18.8 Å². The van der Waals surface area contributed by atoms with Crippen LogP contribution >= 0.6 is 0 Å². The van der Waals surface area contributed by atoms with Crippen molar-refractivity contribution in [2.45, 2.75) is 13.3 Å². The van der Waals surface area contributed by atoms with E-state index in [1.807, 2.05) is 49.4 Å². The largest absolute Gasteiger partial charge is 0.217 e. The molecule has 0 bridgehead atoms. The number of aromatic nitrogens is 3. The van der Waals surface area contributed by atoms with E-state index in [1.54, 1.807) is 4.68 Å². The number of rotatable bonds is 5. The van der Waals surface area contributed by atoms with Gasteiger partial charge in [0.1, 0.15) is 11.6 Å². The lowest BCUT2D eigenvalue weighted by molar-refractivity contribution is 0.586. The van der Waals surface area contributed by atoms with Crippen molar-refractivity contribution in [2.75, 3.05) is 12.8 Å². The van der Waals surface area contributed by atoms with Crippen molar-refractivity contribution in [3.05, 3.63) is 54.1 Å². The van der Waals surface area contributed by atoms with Gasteiger partial charge in [0, 0.05) is 18.4 Å². The van der Waals surface area contributed by atoms with Crippen LogP contribution in [0.25, 0.3) is 16.5 Å². The number of hydrogen-bond donors (Lipinski definition) is 1. The van der Waals surface area contributed by atoms with E-state index >= 15 is 0 Å². The molecule has 0 aliphatic heterocycles. The summed E-state index contributed by atoms with van der Waals surface area (Å²) in [7, 11) is -3.21. The van der Waals surface area contributed by atoms with Gasteiger partial charge in [0.2, 0.25) is 10.0 Å². The minimum absolute atomic E-state index is 0.293. The highest BCUT2D eigenvalue weighted by Gasteiger charge is 2.12. The van der Waals surface area contributed by atoms with Crippen LogP contribution < -0.4 is 4.72 Å². The smallest absolute Gasteiger partial charge is 0.208 e. The van der Waals surface area contributed by atoms with Crippen LogP contribution in [0.3, 0.4) is 0 Å². The number of aryl methyl sites for hydroxylation is 1. The van der Waals surface area contributed by atoms with Crippen molar-refractivity contribution < 1.29 is 8.42 Å². The normalized spacial score (nSPS) is 11.9. The summed E-state index contributed by atoms with van der Waals surface area (Å²) in [5.41, 5.74) is 0.943. The highest BCUT2D eigenvalue weighted by Crippen LogP contribution is 2.22. The zero-order valence-corrected chi connectivity index (χ0v) is 13.8. The molecule has 0 radical (unpaired) electrons. The Morgan fingerprint density at radius 1 is 1.13 bits per heavy atom. The molecule has 1 aromatic heterocycles. The standard InChI is InChI=1S/C16H18N4O2S/c1-12-18-16(10-11-17-23(2,21)22)20(19-12)15-9-5-7-13-6-3-4-8-14(13)15/h3-9,17H,10-11H2,1-2H3. The van der Waals surface area contributed by atoms with Crippen LogP contribution in [0.4, 0.5) is 0 Å². The maximum atomic E-state index is 11.2. The molecule has 3 rings (SSSR count). The minimum atomic E-state index is -3.21. The lowest BCUT2D eigenvalue weighted by Gasteiger charge is -2.09. The SMILES string of the molecule is Cc1nc(CCNS(C)(=O)=O)n(-c2cccc3ccccc23)n1. The van der Waals surface area contributed by atoms with Crippen LogP contribution in [0.15, 0.2) is 42.5 Å². The molecule has 1 N–H and O–H groups in total. The average Bonchev–Trinajstić information content (AvgIpc) is 2.86. The van der Waals surface area contributed by atoms with Gasteiger partial charge in [-0.05, 0) is 18.4 Å². The third kappa shape index (κ3) is 3.57. The topological polar surface area (TPSA) is 76.9 Å². The molecule has 0 saturated carbocycles. The van der Waals surface area contributed by atoms with E-state index in [0.717, 1.165) is 28.5 Å². The fraction of sp³-hybridized carbons (Fsp3) is 0.250. The molecule has 0 aliphatic carbocycles. The van der Waals surface area contributed by atoms with Crippen molar-refractivity contribution >= 4 is 20.8 Å². The van der Waals surface area contributed by atoms with Gasteiger partial charge in [-0.1, -0.05) is 36.4 Å². The van der Waals surface area contributed by atoms with E-state index in [1.165, 1.54) is 0 Å². The highest BCUT2D eigenvalue weighted by molar-refractivity contribution is 7.88. The van der Waals surface area contributed by atoms with Crippen LogP contribution in [0, 0.1) is 6.92 Å². The first-order valence-electron chi connectivity index (χ1n) is 7.29. The summed E-state index contributed by atoms with van der Waals surface area (Å²) in [5.74, 6) is 1.39. The first-order valence-corrected chi connectivity index (χ1v) is 9.18. The molecule has 0 aliphatic rings. The fourth-order valence-electron chi connectivity index (χ4n) is 2.55. The van der Waals surface area contributed by atoms with Gasteiger partial charge in [0.25, 0.3) is 0 Å². The first-order chi connectivity index (χ1) is 10.9. The van der Waals surface area contributed by atoms with Crippen molar-refractivity contribution in [2.24, 2.45) is 0 Å². The maximum Gasteiger partial charge on any atom is 0.208 e. The van der Waals surface area contributed by atoms with Gasteiger partial charge in [-0.15, -0.1) is 0 Å². The fourth-order valence-corrected chi connectivity index (χ4v) is 3.03. The molecular weight excluding hydrogens is 312 g/mol. The second-order valence-electron chi connectivity index (χ2n) is 5.40. The van der Waals surface area contributed by atoms with Gasteiger partial charge in [-0.3, -0.25) is 0 Å². The highest BCUT2D eigenvalue weighted by atomic mass is 32.2. The Morgan fingerprint density at radius 2 is 1.87 bits per heavy atom. The summed E-state index contributed by atoms with van der Waals surface area (Å²) in [6.07, 6.45) is 1.62. The predicted molar refractivity (Wildman–Crippen MR) is 90.2 cm³/mol. The van der Waals surface area contributed by atoms with E-state index < -0.39 is 10.0 Å². The number of benzene rings is 2. The van der Waals surface area contributed by atoms with E-state index in [9.17, 15) is 8.42 Å². The third-order valence-electron chi connectivity index (χ3n) is 3.49. The number of nitrogens with zero attached hydrogens (tertiary/aromatic N) is 3. The van der Waals surface area contributed by atoms with E-state index in [4.69, 9.17) is 0 Å². The van der Waals surface area contributed by atoms with Crippen LogP contribution in [0.1, 0.15) is 11.6 Å². The summed E-state index contributed by atoms with van der Waals surface area (Å²) in [5, 5.41) is 6.68. The van der Waals surface area contributed by atoms with Crippen molar-refractivity contribution in [3.63, 3.8) is 0 Å². The quantitative estimate of drug-likeness (QED) is 0.774. The Bertz CT molecular complexity index is 942. The number of sulfonamides is 1. The van der Waals surface area contributed by atoms with Crippen molar-refractivity contribution in [3.8, 4) is 5.69 Å². The zero-order chi connectivity index (χ0) is 16.4. The Hall–Kier alpha value is -2.25. The van der Waals surface area contributed by atoms with Gasteiger partial charge in [-0.25, -0.2) is 22.8 Å². The van der Waals surface area contributed by atoms with Crippen molar-refractivity contribution in [1.82, 2.24) is 19.5 Å². The molecule has 0 fully saturated rings. The van der Waals surface area contributed by atoms with Gasteiger partial charge in [0.15, 0.2) is 0 Å². The van der Waals surface area contributed by atoms with Crippen LogP contribution in [0.5, 0.6) is 0 Å². The summed E-state index contributed by atoms with van der Waals surface area (Å²) >= 11 is 0. The first kappa shape index (κ1) is 15.6. The average molecular weight is 330 g/mol. The molecule has 120 valence electrons.